The third-order valence-corrected chi connectivity index (χ3v) is 1.68. The lowest BCUT2D eigenvalue weighted by Crippen LogP contribution is -2.32. The van der Waals surface area contributed by atoms with Crippen molar-refractivity contribution < 1.29 is 9.53 Å². The second kappa shape index (κ2) is 4.40. The molecule has 0 aliphatic heterocycles. The van der Waals surface area contributed by atoms with Crippen LogP contribution in [0.25, 0.3) is 0 Å². The zero-order chi connectivity index (χ0) is 10.6. The minimum Gasteiger partial charge on any atom is -0.491 e. The fourth-order valence-corrected chi connectivity index (χ4v) is 0.851. The number of hydrogen-bond donors (Lipinski definition) is 2. The summed E-state index contributed by atoms with van der Waals surface area (Å²) in [6, 6.07) is -0.501. The molecule has 3 N–H and O–H groups in total. The van der Waals surface area contributed by atoms with Gasteiger partial charge in [-0.15, -0.1) is 0 Å². The van der Waals surface area contributed by atoms with E-state index >= 15 is 0 Å². The molecule has 1 aromatic heterocycles. The molecule has 6 nitrogen and oxygen atoms in total. The first-order valence-corrected chi connectivity index (χ1v) is 4.05. The topological polar surface area (TPSA) is 90.1 Å². The zero-order valence-electron chi connectivity index (χ0n) is 8.02. The van der Waals surface area contributed by atoms with E-state index in [1.165, 1.54) is 19.6 Å². The predicted octanol–water partition coefficient (Wildman–Crippen LogP) is -0.229. The van der Waals surface area contributed by atoms with E-state index in [0.717, 1.165) is 0 Å². The number of nitrogens with zero attached hydrogens (tertiary/aromatic N) is 2. The van der Waals surface area contributed by atoms with Gasteiger partial charge in [0, 0.05) is 0 Å². The SMILES string of the molecule is COc1cncnc1NC(C)C(N)=O. The van der Waals surface area contributed by atoms with Gasteiger partial charge in [0.1, 0.15) is 12.4 Å². The van der Waals surface area contributed by atoms with Crippen LogP contribution in [0.15, 0.2) is 12.5 Å². The molecule has 0 bridgehead atoms. The lowest BCUT2D eigenvalue weighted by molar-refractivity contribution is -0.118. The highest BCUT2D eigenvalue weighted by molar-refractivity contribution is 5.82. The Bertz CT molecular complexity index is 329. The lowest BCUT2D eigenvalue weighted by atomic mass is 10.3. The number of nitrogens with two attached hydrogens (primary N) is 1. The summed E-state index contributed by atoms with van der Waals surface area (Å²) in [6.45, 7) is 1.64. The summed E-state index contributed by atoms with van der Waals surface area (Å²) >= 11 is 0. The maximum absolute atomic E-state index is 10.8. The first-order chi connectivity index (χ1) is 6.65. The van der Waals surface area contributed by atoms with Crippen molar-refractivity contribution >= 4 is 11.7 Å². The molecule has 0 radical (unpaired) electrons. The largest absolute Gasteiger partial charge is 0.491 e. The van der Waals surface area contributed by atoms with Gasteiger partial charge in [0.05, 0.1) is 13.3 Å². The number of carbonyl (C=O) groups is 1. The van der Waals surface area contributed by atoms with E-state index in [4.69, 9.17) is 10.5 Å². The molecule has 1 heterocycles. The number of ether oxygens (including phenoxy) is 1. The number of anilines is 1. The average molecular weight is 196 g/mol. The molecule has 0 spiro atoms. The first-order valence-electron chi connectivity index (χ1n) is 4.05. The van der Waals surface area contributed by atoms with Gasteiger partial charge in [0.25, 0.3) is 0 Å². The number of carbonyl (C=O) groups excluding carboxylic acids is 1. The van der Waals surface area contributed by atoms with Crippen molar-refractivity contribution in [2.75, 3.05) is 12.4 Å². The highest BCUT2D eigenvalue weighted by atomic mass is 16.5. The smallest absolute Gasteiger partial charge is 0.239 e. The molecule has 0 aliphatic carbocycles. The summed E-state index contributed by atoms with van der Waals surface area (Å²) in [5.74, 6) is 0.472. The summed E-state index contributed by atoms with van der Waals surface area (Å²) in [5.41, 5.74) is 5.09. The van der Waals surface area contributed by atoms with Gasteiger partial charge in [-0.2, -0.15) is 0 Å². The number of primary amides is 1. The fraction of sp³-hybridized carbons (Fsp3) is 0.375. The van der Waals surface area contributed by atoms with Gasteiger partial charge in [-0.05, 0) is 6.92 Å². The van der Waals surface area contributed by atoms with Crippen molar-refractivity contribution in [2.45, 2.75) is 13.0 Å². The molecule has 1 aromatic rings. The van der Waals surface area contributed by atoms with E-state index in [0.29, 0.717) is 11.6 Å². The Morgan fingerprint density at radius 3 is 3.00 bits per heavy atom. The molecule has 1 rings (SSSR count). The molecule has 76 valence electrons. The Balaban J connectivity index is 2.80. The van der Waals surface area contributed by atoms with Crippen LogP contribution < -0.4 is 15.8 Å². The van der Waals surface area contributed by atoms with E-state index in [1.807, 2.05) is 0 Å². The summed E-state index contributed by atoms with van der Waals surface area (Å²) in [4.78, 5) is 18.5. The molecule has 0 saturated heterocycles. The van der Waals surface area contributed by atoms with Crippen molar-refractivity contribution in [3.05, 3.63) is 12.5 Å². The van der Waals surface area contributed by atoms with Crippen LogP contribution >= 0.6 is 0 Å². The average Bonchev–Trinajstić information content (AvgIpc) is 2.18. The quantitative estimate of drug-likeness (QED) is 0.694. The van der Waals surface area contributed by atoms with Crippen molar-refractivity contribution in [2.24, 2.45) is 5.73 Å². The van der Waals surface area contributed by atoms with E-state index in [1.54, 1.807) is 6.92 Å². The molecule has 1 amide bonds. The van der Waals surface area contributed by atoms with Gasteiger partial charge in [0.15, 0.2) is 11.6 Å². The Kier molecular flexibility index (Phi) is 3.22. The van der Waals surface area contributed by atoms with Crippen molar-refractivity contribution in [1.82, 2.24) is 9.97 Å². The fourth-order valence-electron chi connectivity index (χ4n) is 0.851. The van der Waals surface area contributed by atoms with Crippen molar-refractivity contribution in [3.8, 4) is 5.75 Å². The predicted molar refractivity (Wildman–Crippen MR) is 50.9 cm³/mol. The monoisotopic (exact) mass is 196 g/mol. The molecule has 0 aliphatic rings. The Morgan fingerprint density at radius 1 is 1.71 bits per heavy atom. The van der Waals surface area contributed by atoms with Gasteiger partial charge < -0.3 is 15.8 Å². The minimum absolute atomic E-state index is 0.453. The Hall–Kier alpha value is -1.85. The number of amides is 1. The molecule has 0 fully saturated rings. The molecule has 1 unspecified atom stereocenters. The first kappa shape index (κ1) is 10.2. The van der Waals surface area contributed by atoms with Crippen LogP contribution in [0.4, 0.5) is 5.82 Å². The van der Waals surface area contributed by atoms with Crippen molar-refractivity contribution in [3.63, 3.8) is 0 Å². The standard InChI is InChI=1S/C8H12N4O2/c1-5(7(9)13)12-8-6(14-2)3-10-4-11-8/h3-5H,1-2H3,(H2,9,13)(H,10,11,12). The highest BCUT2D eigenvalue weighted by Crippen LogP contribution is 2.19. The van der Waals surface area contributed by atoms with Crippen LogP contribution in [0.3, 0.4) is 0 Å². The van der Waals surface area contributed by atoms with Crippen LogP contribution in [0.2, 0.25) is 0 Å². The summed E-state index contributed by atoms with van der Waals surface area (Å²) < 4.78 is 4.99. The third-order valence-electron chi connectivity index (χ3n) is 1.68. The molecule has 0 saturated carbocycles. The second-order valence-electron chi connectivity index (χ2n) is 2.71. The van der Waals surface area contributed by atoms with Crippen LogP contribution in [-0.4, -0.2) is 29.0 Å². The minimum atomic E-state index is -0.501. The van der Waals surface area contributed by atoms with E-state index < -0.39 is 11.9 Å². The number of nitrogens with one attached hydrogen (secondary N) is 1. The summed E-state index contributed by atoms with van der Waals surface area (Å²) in [7, 11) is 1.50. The number of methoxy groups -OCH3 is 1. The number of hydrogen-bond acceptors (Lipinski definition) is 5. The van der Waals surface area contributed by atoms with Gasteiger partial charge in [-0.1, -0.05) is 0 Å². The number of aromatic nitrogens is 2. The van der Waals surface area contributed by atoms with Gasteiger partial charge in [-0.25, -0.2) is 9.97 Å². The molecular formula is C8H12N4O2. The molecule has 6 heteroatoms. The summed E-state index contributed by atoms with van der Waals surface area (Å²) in [5, 5.41) is 2.81. The van der Waals surface area contributed by atoms with Gasteiger partial charge in [0.2, 0.25) is 5.91 Å². The van der Waals surface area contributed by atoms with Crippen molar-refractivity contribution in [1.29, 1.82) is 0 Å². The van der Waals surface area contributed by atoms with E-state index in [9.17, 15) is 4.79 Å². The summed E-state index contributed by atoms with van der Waals surface area (Å²) in [6.07, 6.45) is 2.86. The Labute approximate surface area is 81.5 Å². The van der Waals surface area contributed by atoms with E-state index in [-0.39, 0.29) is 0 Å². The van der Waals surface area contributed by atoms with Gasteiger partial charge in [-0.3, -0.25) is 4.79 Å². The van der Waals surface area contributed by atoms with Crippen LogP contribution in [0.5, 0.6) is 5.75 Å². The molecule has 0 aromatic carbocycles. The van der Waals surface area contributed by atoms with Crippen LogP contribution in [0.1, 0.15) is 6.92 Å². The van der Waals surface area contributed by atoms with Gasteiger partial charge >= 0.3 is 0 Å². The maximum atomic E-state index is 10.8. The van der Waals surface area contributed by atoms with Crippen LogP contribution in [-0.2, 0) is 4.79 Å². The second-order valence-corrected chi connectivity index (χ2v) is 2.71. The Morgan fingerprint density at radius 2 is 2.43 bits per heavy atom. The zero-order valence-corrected chi connectivity index (χ0v) is 8.02. The number of rotatable bonds is 4. The third kappa shape index (κ3) is 2.32. The molecule has 1 atom stereocenters. The molecule has 14 heavy (non-hydrogen) atoms. The highest BCUT2D eigenvalue weighted by Gasteiger charge is 2.11. The van der Waals surface area contributed by atoms with E-state index in [2.05, 4.69) is 15.3 Å². The normalized spacial score (nSPS) is 11.9. The lowest BCUT2D eigenvalue weighted by Gasteiger charge is -2.12. The molecular weight excluding hydrogens is 184 g/mol. The van der Waals surface area contributed by atoms with Crippen LogP contribution in [0, 0.1) is 0 Å². The maximum Gasteiger partial charge on any atom is 0.239 e.